The Hall–Kier alpha value is -0.940. The van der Waals surface area contributed by atoms with Crippen LogP contribution in [0, 0.1) is 18.8 Å². The fraction of sp³-hybridized carbons (Fsp3) is 0.778. The zero-order valence-electron chi connectivity index (χ0n) is 14.4. The van der Waals surface area contributed by atoms with E-state index in [0.29, 0.717) is 30.1 Å². The number of likely N-dealkylation sites (tertiary alicyclic amines) is 1. The number of hydrogen-bond acceptors (Lipinski definition) is 4. The van der Waals surface area contributed by atoms with Gasteiger partial charge in [0.15, 0.2) is 0 Å². The summed E-state index contributed by atoms with van der Waals surface area (Å²) in [4.78, 5) is 19.5. The molecule has 0 spiro atoms. The lowest BCUT2D eigenvalue weighted by molar-refractivity contribution is -0.133. The third-order valence-electron chi connectivity index (χ3n) is 5.45. The molecule has 0 bridgehead atoms. The number of piperidine rings is 2. The molecule has 3 rings (SSSR count). The van der Waals surface area contributed by atoms with Gasteiger partial charge in [0.1, 0.15) is 0 Å². The minimum absolute atomic E-state index is 0.356. The number of hydrogen-bond donors (Lipinski definition) is 1. The van der Waals surface area contributed by atoms with Crippen molar-refractivity contribution in [1.29, 1.82) is 0 Å². The second kappa shape index (κ2) is 7.75. The smallest absolute Gasteiger partial charge is 0.222 e. The maximum Gasteiger partial charge on any atom is 0.222 e. The summed E-state index contributed by atoms with van der Waals surface area (Å²) in [6.45, 7) is 8.33. The van der Waals surface area contributed by atoms with Crippen LogP contribution in [0.5, 0.6) is 0 Å². The van der Waals surface area contributed by atoms with Gasteiger partial charge in [0, 0.05) is 36.5 Å². The van der Waals surface area contributed by atoms with Crippen molar-refractivity contribution in [3.63, 3.8) is 0 Å². The molecule has 2 saturated heterocycles. The summed E-state index contributed by atoms with van der Waals surface area (Å²) < 4.78 is 0. The minimum Gasteiger partial charge on any atom is -0.342 e. The zero-order chi connectivity index (χ0) is 16.2. The lowest BCUT2D eigenvalue weighted by Crippen LogP contribution is -2.40. The van der Waals surface area contributed by atoms with Gasteiger partial charge in [-0.3, -0.25) is 4.79 Å². The van der Waals surface area contributed by atoms with Gasteiger partial charge in [-0.1, -0.05) is 6.92 Å². The van der Waals surface area contributed by atoms with Gasteiger partial charge < -0.3 is 10.2 Å². The SMILES string of the molecule is Cc1csc(C2CCCN(C(=O)CC(C)C3CCNCC3)C2)n1. The standard InChI is InChI=1S/C18H29N3OS/c1-13(15-5-7-19-8-6-15)10-17(22)21-9-3-4-16(11-21)18-20-14(2)12-23-18/h12-13,15-16,19H,3-11H2,1-2H3. The number of aryl methyl sites for hydroxylation is 1. The van der Waals surface area contributed by atoms with Gasteiger partial charge in [0.2, 0.25) is 5.91 Å². The van der Waals surface area contributed by atoms with Crippen LogP contribution in [-0.2, 0) is 4.79 Å². The van der Waals surface area contributed by atoms with E-state index in [1.807, 2.05) is 6.92 Å². The summed E-state index contributed by atoms with van der Waals surface area (Å²) in [7, 11) is 0. The Morgan fingerprint density at radius 1 is 1.43 bits per heavy atom. The van der Waals surface area contributed by atoms with Gasteiger partial charge in [-0.05, 0) is 57.5 Å². The van der Waals surface area contributed by atoms with E-state index in [1.54, 1.807) is 11.3 Å². The van der Waals surface area contributed by atoms with Crippen molar-refractivity contribution in [3.05, 3.63) is 16.1 Å². The second-order valence-corrected chi connectivity index (χ2v) is 8.16. The van der Waals surface area contributed by atoms with Crippen molar-refractivity contribution in [1.82, 2.24) is 15.2 Å². The van der Waals surface area contributed by atoms with Gasteiger partial charge in [0.25, 0.3) is 0 Å². The first-order valence-corrected chi connectivity index (χ1v) is 9.92. The highest BCUT2D eigenvalue weighted by Crippen LogP contribution is 2.31. The molecule has 2 unspecified atom stereocenters. The van der Waals surface area contributed by atoms with Crippen LogP contribution >= 0.6 is 11.3 Å². The Kier molecular flexibility index (Phi) is 5.70. The highest BCUT2D eigenvalue weighted by Gasteiger charge is 2.29. The molecule has 0 radical (unpaired) electrons. The molecule has 1 aromatic rings. The quantitative estimate of drug-likeness (QED) is 0.919. The molecule has 2 aliphatic rings. The van der Waals surface area contributed by atoms with Gasteiger partial charge in [-0.2, -0.15) is 0 Å². The molecular formula is C18H29N3OS. The van der Waals surface area contributed by atoms with Gasteiger partial charge >= 0.3 is 0 Å². The first-order valence-electron chi connectivity index (χ1n) is 9.04. The molecule has 1 N–H and O–H groups in total. The van der Waals surface area contributed by atoms with E-state index in [0.717, 1.165) is 38.3 Å². The molecule has 0 aromatic carbocycles. The van der Waals surface area contributed by atoms with Crippen molar-refractivity contribution in [2.45, 2.75) is 51.9 Å². The normalized spacial score (nSPS) is 24.6. The third-order valence-corrected chi connectivity index (χ3v) is 6.57. The first kappa shape index (κ1) is 16.9. The van der Waals surface area contributed by atoms with Crippen LogP contribution in [0.1, 0.15) is 55.6 Å². The molecule has 2 atom stereocenters. The summed E-state index contributed by atoms with van der Waals surface area (Å²) in [5, 5.41) is 6.75. The van der Waals surface area contributed by atoms with E-state index < -0.39 is 0 Å². The third kappa shape index (κ3) is 4.32. The van der Waals surface area contributed by atoms with Crippen molar-refractivity contribution in [2.24, 2.45) is 11.8 Å². The fourth-order valence-corrected chi connectivity index (χ4v) is 4.87. The van der Waals surface area contributed by atoms with Crippen molar-refractivity contribution >= 4 is 17.2 Å². The Morgan fingerprint density at radius 2 is 2.22 bits per heavy atom. The summed E-state index contributed by atoms with van der Waals surface area (Å²) >= 11 is 1.75. The van der Waals surface area contributed by atoms with Crippen LogP contribution in [-0.4, -0.2) is 42.0 Å². The molecule has 2 fully saturated rings. The number of carbonyl (C=O) groups excluding carboxylic acids is 1. The predicted molar refractivity (Wildman–Crippen MR) is 94.8 cm³/mol. The lowest BCUT2D eigenvalue weighted by Gasteiger charge is -2.34. The number of thiazole rings is 1. The molecule has 5 heteroatoms. The maximum atomic E-state index is 12.7. The van der Waals surface area contributed by atoms with Gasteiger partial charge in [-0.15, -0.1) is 11.3 Å². The van der Waals surface area contributed by atoms with E-state index in [4.69, 9.17) is 0 Å². The molecule has 2 aliphatic heterocycles. The number of aromatic nitrogens is 1. The Morgan fingerprint density at radius 3 is 2.91 bits per heavy atom. The minimum atomic E-state index is 0.356. The van der Waals surface area contributed by atoms with Gasteiger partial charge in [0.05, 0.1) is 5.01 Å². The molecule has 23 heavy (non-hydrogen) atoms. The average molecular weight is 336 g/mol. The molecule has 0 saturated carbocycles. The maximum absolute atomic E-state index is 12.7. The molecule has 4 nitrogen and oxygen atoms in total. The average Bonchev–Trinajstić information content (AvgIpc) is 3.02. The molecular weight excluding hydrogens is 306 g/mol. The van der Waals surface area contributed by atoms with Crippen LogP contribution in [0.15, 0.2) is 5.38 Å². The summed E-state index contributed by atoms with van der Waals surface area (Å²) in [5.41, 5.74) is 1.10. The summed E-state index contributed by atoms with van der Waals surface area (Å²) in [5.74, 6) is 2.02. The van der Waals surface area contributed by atoms with E-state index in [9.17, 15) is 4.79 Å². The van der Waals surface area contributed by atoms with E-state index in [1.165, 1.54) is 24.3 Å². The summed E-state index contributed by atoms with van der Waals surface area (Å²) in [6, 6.07) is 0. The fourth-order valence-electron chi connectivity index (χ4n) is 3.95. The topological polar surface area (TPSA) is 45.2 Å². The number of nitrogens with zero attached hydrogens (tertiary/aromatic N) is 2. The molecule has 3 heterocycles. The van der Waals surface area contributed by atoms with Crippen LogP contribution < -0.4 is 5.32 Å². The van der Waals surface area contributed by atoms with Crippen LogP contribution in [0.25, 0.3) is 0 Å². The second-order valence-electron chi connectivity index (χ2n) is 7.27. The van der Waals surface area contributed by atoms with E-state index in [2.05, 4.69) is 27.5 Å². The van der Waals surface area contributed by atoms with E-state index >= 15 is 0 Å². The molecule has 1 aromatic heterocycles. The van der Waals surface area contributed by atoms with Crippen LogP contribution in [0.2, 0.25) is 0 Å². The van der Waals surface area contributed by atoms with Gasteiger partial charge in [-0.25, -0.2) is 4.98 Å². The summed E-state index contributed by atoms with van der Waals surface area (Å²) in [6.07, 6.45) is 5.43. The monoisotopic (exact) mass is 335 g/mol. The van der Waals surface area contributed by atoms with Crippen molar-refractivity contribution in [3.8, 4) is 0 Å². The van der Waals surface area contributed by atoms with E-state index in [-0.39, 0.29) is 0 Å². The van der Waals surface area contributed by atoms with Crippen LogP contribution in [0.4, 0.5) is 0 Å². The highest BCUT2D eigenvalue weighted by molar-refractivity contribution is 7.09. The van der Waals surface area contributed by atoms with Crippen molar-refractivity contribution in [2.75, 3.05) is 26.2 Å². The van der Waals surface area contributed by atoms with Crippen LogP contribution in [0.3, 0.4) is 0 Å². The largest absolute Gasteiger partial charge is 0.342 e. The van der Waals surface area contributed by atoms with Crippen molar-refractivity contribution < 1.29 is 4.79 Å². The highest BCUT2D eigenvalue weighted by atomic mass is 32.1. The predicted octanol–water partition coefficient (Wildman–Crippen LogP) is 3.18. The Labute approximate surface area is 143 Å². The molecule has 1 amide bonds. The molecule has 128 valence electrons. The number of rotatable bonds is 4. The number of nitrogens with one attached hydrogen (secondary N) is 1. The zero-order valence-corrected chi connectivity index (χ0v) is 15.2. The molecule has 0 aliphatic carbocycles. The first-order chi connectivity index (χ1) is 11.1. The Balaban J connectivity index is 1.54. The Bertz CT molecular complexity index is 524. The number of amides is 1. The lowest BCUT2D eigenvalue weighted by atomic mass is 9.83. The number of carbonyl (C=O) groups is 1.